The fraction of sp³-hybridized carbons (Fsp3) is 0.355. The number of fused-ring (bicyclic) bond motifs is 1. The van der Waals surface area contributed by atoms with Gasteiger partial charge in [-0.2, -0.15) is 0 Å². The van der Waals surface area contributed by atoms with E-state index < -0.39 is 0 Å². The lowest BCUT2D eigenvalue weighted by molar-refractivity contribution is -0.140. The van der Waals surface area contributed by atoms with Gasteiger partial charge in [0.05, 0.1) is 11.4 Å². The number of aryl methyl sites for hydroxylation is 2. The molecule has 4 aromatic rings. The van der Waals surface area contributed by atoms with Crippen molar-refractivity contribution in [2.24, 2.45) is 5.92 Å². The van der Waals surface area contributed by atoms with Crippen LogP contribution in [0, 0.1) is 19.8 Å². The van der Waals surface area contributed by atoms with E-state index in [1.54, 1.807) is 0 Å². The lowest BCUT2D eigenvalue weighted by Gasteiger charge is -2.38. The molecule has 2 aromatic heterocycles. The monoisotopic (exact) mass is 478 g/mol. The first kappa shape index (κ1) is 23.0. The molecule has 1 aliphatic carbocycles. The van der Waals surface area contributed by atoms with Gasteiger partial charge in [0, 0.05) is 50.4 Å². The minimum atomic E-state index is 0.281. The molecule has 0 spiro atoms. The van der Waals surface area contributed by atoms with Crippen LogP contribution >= 0.6 is 0 Å². The Kier molecular flexibility index (Phi) is 6.10. The predicted octanol–water partition coefficient (Wildman–Crippen LogP) is 5.73. The molecule has 184 valence electrons. The Hall–Kier alpha value is -3.44. The second-order valence-corrected chi connectivity index (χ2v) is 10.5. The quantitative estimate of drug-likeness (QED) is 0.368. The summed E-state index contributed by atoms with van der Waals surface area (Å²) in [6, 6.07) is 21.5. The third-order valence-electron chi connectivity index (χ3n) is 7.98. The minimum absolute atomic E-state index is 0.281. The van der Waals surface area contributed by atoms with Crippen LogP contribution in [0.3, 0.4) is 0 Å². The van der Waals surface area contributed by atoms with Crippen LogP contribution in [0.2, 0.25) is 0 Å². The molecule has 5 nitrogen and oxygen atoms in total. The minimum Gasteiger partial charge on any atom is -0.340 e. The number of benzene rings is 2. The van der Waals surface area contributed by atoms with Crippen LogP contribution in [0.4, 0.5) is 0 Å². The van der Waals surface area contributed by atoms with Crippen LogP contribution in [0.1, 0.15) is 36.1 Å². The highest BCUT2D eigenvalue weighted by atomic mass is 16.2. The molecule has 1 saturated heterocycles. The molecule has 1 aliphatic heterocycles. The molecule has 5 heteroatoms. The van der Waals surface area contributed by atoms with Crippen molar-refractivity contribution in [2.75, 3.05) is 26.2 Å². The van der Waals surface area contributed by atoms with E-state index >= 15 is 0 Å². The van der Waals surface area contributed by atoms with E-state index in [4.69, 9.17) is 4.98 Å². The lowest BCUT2D eigenvalue weighted by atomic mass is 9.84. The molecule has 3 heterocycles. The molecule has 0 N–H and O–H groups in total. The number of carbonyl (C=O) groups excluding carboxylic acids is 1. The van der Waals surface area contributed by atoms with E-state index in [9.17, 15) is 4.79 Å². The number of amides is 1. The zero-order chi connectivity index (χ0) is 24.6. The third kappa shape index (κ3) is 4.33. The number of pyridine rings is 1. The van der Waals surface area contributed by atoms with Gasteiger partial charge in [0.15, 0.2) is 0 Å². The number of rotatable bonds is 5. The van der Waals surface area contributed by atoms with Gasteiger partial charge in [-0.1, -0.05) is 60.5 Å². The highest BCUT2D eigenvalue weighted by Crippen LogP contribution is 2.31. The van der Waals surface area contributed by atoms with Crippen LogP contribution in [0.25, 0.3) is 28.0 Å². The maximum absolute atomic E-state index is 12.7. The molecule has 2 aliphatic rings. The molecule has 2 aromatic carbocycles. The highest BCUT2D eigenvalue weighted by molar-refractivity contribution is 5.79. The fourth-order valence-electron chi connectivity index (χ4n) is 5.53. The lowest BCUT2D eigenvalue weighted by Crippen LogP contribution is -2.50. The largest absolute Gasteiger partial charge is 0.340 e. The van der Waals surface area contributed by atoms with Gasteiger partial charge in [-0.15, -0.1) is 0 Å². The zero-order valence-corrected chi connectivity index (χ0v) is 21.3. The van der Waals surface area contributed by atoms with Gasteiger partial charge in [-0.05, 0) is 55.5 Å². The number of piperazine rings is 1. The van der Waals surface area contributed by atoms with Gasteiger partial charge in [-0.25, -0.2) is 4.98 Å². The van der Waals surface area contributed by atoms with Crippen LogP contribution in [0.15, 0.2) is 66.9 Å². The Labute approximate surface area is 213 Å². The van der Waals surface area contributed by atoms with Crippen molar-refractivity contribution in [3.05, 3.63) is 83.7 Å². The molecule has 6 rings (SSSR count). The number of hydrogen-bond donors (Lipinski definition) is 0. The first-order valence-corrected chi connectivity index (χ1v) is 13.2. The zero-order valence-electron chi connectivity index (χ0n) is 21.3. The summed E-state index contributed by atoms with van der Waals surface area (Å²) in [5.74, 6) is 0.655. The average molecular weight is 479 g/mol. The number of carbonyl (C=O) groups is 1. The topological polar surface area (TPSA) is 40.9 Å². The smallest absolute Gasteiger partial charge is 0.225 e. The summed E-state index contributed by atoms with van der Waals surface area (Å²) >= 11 is 0. The molecule has 2 fully saturated rings. The van der Waals surface area contributed by atoms with Crippen LogP contribution < -0.4 is 0 Å². The van der Waals surface area contributed by atoms with E-state index in [1.807, 2.05) is 0 Å². The molecule has 0 unspecified atom stereocenters. The van der Waals surface area contributed by atoms with Gasteiger partial charge in [0.25, 0.3) is 0 Å². The Bertz CT molecular complexity index is 1400. The molecular formula is C31H34N4O. The average Bonchev–Trinajstić information content (AvgIpc) is 3.23. The van der Waals surface area contributed by atoms with Crippen molar-refractivity contribution in [2.45, 2.75) is 39.7 Å². The summed E-state index contributed by atoms with van der Waals surface area (Å²) in [5, 5.41) is 0. The maximum Gasteiger partial charge on any atom is 0.225 e. The summed E-state index contributed by atoms with van der Waals surface area (Å²) in [6.45, 7) is 8.57. The van der Waals surface area contributed by atoms with Crippen LogP contribution in [0.5, 0.6) is 0 Å². The Morgan fingerprint density at radius 2 is 1.69 bits per heavy atom. The number of imidazole rings is 1. The number of aromatic nitrogens is 2. The Balaban J connectivity index is 1.33. The second kappa shape index (κ2) is 9.55. The SMILES string of the molecule is Cc1ccc(C)c(-c2ccc3nc(-c4ccccc4)c(CN4CCN(C(=O)C5CCC5)CC4)n3c2)c1. The third-order valence-corrected chi connectivity index (χ3v) is 7.98. The van der Waals surface area contributed by atoms with E-state index in [-0.39, 0.29) is 5.92 Å². The van der Waals surface area contributed by atoms with Crippen molar-refractivity contribution in [1.29, 1.82) is 0 Å². The Morgan fingerprint density at radius 1 is 0.917 bits per heavy atom. The summed E-state index contributed by atoms with van der Waals surface area (Å²) in [7, 11) is 0. The predicted molar refractivity (Wildman–Crippen MR) is 145 cm³/mol. The first-order valence-electron chi connectivity index (χ1n) is 13.2. The van der Waals surface area contributed by atoms with E-state index in [1.165, 1.54) is 34.4 Å². The van der Waals surface area contributed by atoms with Gasteiger partial charge in [-0.3, -0.25) is 9.69 Å². The molecule has 1 amide bonds. The first-order chi connectivity index (χ1) is 17.6. The van der Waals surface area contributed by atoms with Crippen molar-refractivity contribution >= 4 is 11.6 Å². The van der Waals surface area contributed by atoms with Crippen molar-refractivity contribution in [3.63, 3.8) is 0 Å². The van der Waals surface area contributed by atoms with E-state index in [0.29, 0.717) is 5.91 Å². The van der Waals surface area contributed by atoms with Crippen LogP contribution in [-0.2, 0) is 11.3 Å². The second-order valence-electron chi connectivity index (χ2n) is 10.5. The summed E-state index contributed by atoms with van der Waals surface area (Å²) in [5.41, 5.74) is 9.38. The molecular weight excluding hydrogens is 444 g/mol. The standard InChI is InChI=1S/C31H34N4O/c1-22-11-12-23(2)27(19-22)26-13-14-29-32-30(24-7-4-3-5-8-24)28(35(29)20-26)21-33-15-17-34(18-16-33)31(36)25-9-6-10-25/h3-5,7-8,11-14,19-20,25H,6,9-10,15-18,21H2,1-2H3. The molecule has 0 bridgehead atoms. The summed E-state index contributed by atoms with van der Waals surface area (Å²) in [4.78, 5) is 22.4. The fourth-order valence-corrected chi connectivity index (χ4v) is 5.53. The van der Waals surface area contributed by atoms with Gasteiger partial charge < -0.3 is 9.30 Å². The van der Waals surface area contributed by atoms with Gasteiger partial charge in [0.1, 0.15) is 5.65 Å². The number of nitrogens with zero attached hydrogens (tertiary/aromatic N) is 4. The van der Waals surface area contributed by atoms with Crippen LogP contribution in [-0.4, -0.2) is 51.3 Å². The highest BCUT2D eigenvalue weighted by Gasteiger charge is 2.31. The maximum atomic E-state index is 12.7. The number of hydrogen-bond acceptors (Lipinski definition) is 3. The Morgan fingerprint density at radius 3 is 2.42 bits per heavy atom. The molecule has 0 radical (unpaired) electrons. The van der Waals surface area contributed by atoms with Crippen molar-refractivity contribution in [3.8, 4) is 22.4 Å². The van der Waals surface area contributed by atoms with Gasteiger partial charge >= 0.3 is 0 Å². The normalized spacial score (nSPS) is 16.9. The van der Waals surface area contributed by atoms with Crippen molar-refractivity contribution in [1.82, 2.24) is 19.2 Å². The van der Waals surface area contributed by atoms with Crippen molar-refractivity contribution < 1.29 is 4.79 Å². The van der Waals surface area contributed by atoms with Gasteiger partial charge in [0.2, 0.25) is 5.91 Å². The van der Waals surface area contributed by atoms with E-state index in [2.05, 4.69) is 94.9 Å². The summed E-state index contributed by atoms with van der Waals surface area (Å²) in [6.07, 6.45) is 5.60. The molecule has 36 heavy (non-hydrogen) atoms. The van der Waals surface area contributed by atoms with E-state index in [0.717, 1.165) is 62.5 Å². The molecule has 1 saturated carbocycles. The summed E-state index contributed by atoms with van der Waals surface area (Å²) < 4.78 is 2.28. The molecule has 0 atom stereocenters.